The zero-order chi connectivity index (χ0) is 23.3. The van der Waals surface area contributed by atoms with E-state index >= 15 is 0 Å². The Hall–Kier alpha value is -3.92. The van der Waals surface area contributed by atoms with E-state index in [1.54, 1.807) is 35.4 Å². The van der Waals surface area contributed by atoms with Crippen molar-refractivity contribution in [2.75, 3.05) is 7.11 Å². The van der Waals surface area contributed by atoms with Crippen molar-refractivity contribution in [3.63, 3.8) is 0 Å². The van der Waals surface area contributed by atoms with Gasteiger partial charge in [0.1, 0.15) is 22.8 Å². The summed E-state index contributed by atoms with van der Waals surface area (Å²) in [5.74, 6) is -1.32. The molecule has 33 heavy (non-hydrogen) atoms. The van der Waals surface area contributed by atoms with Gasteiger partial charge in [-0.3, -0.25) is 14.1 Å². The molecule has 0 radical (unpaired) electrons. The van der Waals surface area contributed by atoms with E-state index in [4.69, 9.17) is 4.74 Å². The normalized spacial score (nSPS) is 12.1. The molecule has 5 aromatic rings. The number of aromatic nitrogens is 6. The third-order valence-electron chi connectivity index (χ3n) is 5.30. The van der Waals surface area contributed by atoms with E-state index in [0.717, 1.165) is 6.07 Å². The molecule has 0 bridgehead atoms. The van der Waals surface area contributed by atoms with Crippen LogP contribution in [0.15, 0.2) is 48.9 Å². The molecule has 8 nitrogen and oxygen atoms in total. The summed E-state index contributed by atoms with van der Waals surface area (Å²) in [7, 11) is 1.47. The molecule has 0 fully saturated rings. The van der Waals surface area contributed by atoms with Crippen LogP contribution in [0.1, 0.15) is 25.1 Å². The topological polar surface area (TPSA) is 90.9 Å². The van der Waals surface area contributed by atoms with Gasteiger partial charge in [-0.2, -0.15) is 4.98 Å². The van der Waals surface area contributed by atoms with Gasteiger partial charge in [-0.1, -0.05) is 0 Å². The lowest BCUT2D eigenvalue weighted by Gasteiger charge is -2.16. The number of benzene rings is 1. The van der Waals surface area contributed by atoms with E-state index in [9.17, 15) is 13.9 Å². The third kappa shape index (κ3) is 3.78. The Kier molecular flexibility index (Phi) is 4.82. The van der Waals surface area contributed by atoms with Crippen molar-refractivity contribution in [2.45, 2.75) is 26.0 Å². The van der Waals surface area contributed by atoms with E-state index in [1.807, 2.05) is 18.3 Å². The average Bonchev–Trinajstić information content (AvgIpc) is 3.33. The summed E-state index contributed by atoms with van der Waals surface area (Å²) in [6.45, 7) is 3.42. The summed E-state index contributed by atoms with van der Waals surface area (Å²) in [5.41, 5.74) is 2.63. The van der Waals surface area contributed by atoms with E-state index < -0.39 is 17.2 Å². The number of pyridine rings is 1. The Morgan fingerprint density at radius 1 is 1.03 bits per heavy atom. The maximum absolute atomic E-state index is 13.7. The van der Waals surface area contributed by atoms with Gasteiger partial charge in [0, 0.05) is 12.3 Å². The van der Waals surface area contributed by atoms with Crippen LogP contribution < -0.4 is 4.74 Å². The predicted molar refractivity (Wildman–Crippen MR) is 117 cm³/mol. The zero-order valence-corrected chi connectivity index (χ0v) is 18.1. The maximum Gasteiger partial charge on any atom is 0.298 e. The highest BCUT2D eigenvalue weighted by molar-refractivity contribution is 5.78. The third-order valence-corrected chi connectivity index (χ3v) is 5.30. The van der Waals surface area contributed by atoms with Gasteiger partial charge in [0.2, 0.25) is 0 Å². The van der Waals surface area contributed by atoms with Crippen molar-refractivity contribution in [2.24, 2.45) is 0 Å². The van der Waals surface area contributed by atoms with Crippen LogP contribution in [0.3, 0.4) is 0 Å². The van der Waals surface area contributed by atoms with E-state index in [-0.39, 0.29) is 12.6 Å². The fraction of sp³-hybridized carbons (Fsp3) is 0.217. The molecule has 0 spiro atoms. The molecule has 0 amide bonds. The molecule has 0 saturated heterocycles. The van der Waals surface area contributed by atoms with E-state index in [2.05, 4.69) is 19.9 Å². The van der Waals surface area contributed by atoms with Crippen molar-refractivity contribution in [1.82, 2.24) is 29.1 Å². The van der Waals surface area contributed by atoms with Crippen LogP contribution in [0.4, 0.5) is 8.78 Å². The van der Waals surface area contributed by atoms with Crippen molar-refractivity contribution >= 4 is 22.3 Å². The maximum atomic E-state index is 13.7. The summed E-state index contributed by atoms with van der Waals surface area (Å²) in [5, 5.41) is 10.3. The molecule has 0 saturated carbocycles. The first kappa shape index (κ1) is 21.0. The minimum atomic E-state index is -1.15. The molecule has 0 aliphatic heterocycles. The highest BCUT2D eigenvalue weighted by Gasteiger charge is 2.20. The van der Waals surface area contributed by atoms with Crippen LogP contribution in [0.5, 0.6) is 6.01 Å². The first-order chi connectivity index (χ1) is 15.7. The Labute approximate surface area is 187 Å². The second kappa shape index (κ2) is 7.59. The molecular formula is C23H20F2N6O2. The lowest BCUT2D eigenvalue weighted by atomic mass is 10.1. The average molecular weight is 450 g/mol. The molecule has 4 heterocycles. The summed E-state index contributed by atoms with van der Waals surface area (Å²) in [6, 6.07) is 7.27. The number of imidazole rings is 1. The van der Waals surface area contributed by atoms with E-state index in [1.165, 1.54) is 19.2 Å². The molecule has 1 N–H and O–H groups in total. The highest BCUT2D eigenvalue weighted by Crippen LogP contribution is 2.26. The first-order valence-corrected chi connectivity index (χ1v) is 10.2. The number of methoxy groups -OCH3 is 1. The van der Waals surface area contributed by atoms with Gasteiger partial charge in [-0.25, -0.2) is 18.7 Å². The summed E-state index contributed by atoms with van der Waals surface area (Å²) < 4.78 is 36.3. The van der Waals surface area contributed by atoms with Crippen LogP contribution in [0.2, 0.25) is 0 Å². The second-order valence-corrected chi connectivity index (χ2v) is 8.21. The van der Waals surface area contributed by atoms with Crippen molar-refractivity contribution < 1.29 is 18.6 Å². The smallest absolute Gasteiger partial charge is 0.298 e. The second-order valence-electron chi connectivity index (χ2n) is 8.21. The summed E-state index contributed by atoms with van der Waals surface area (Å²) in [6.07, 6.45) is 4.99. The Bertz CT molecular complexity index is 1480. The molecular weight excluding hydrogens is 430 g/mol. The monoisotopic (exact) mass is 450 g/mol. The van der Waals surface area contributed by atoms with Gasteiger partial charge in [0.15, 0.2) is 11.3 Å². The number of nitrogens with zero attached hydrogens (tertiary/aromatic N) is 6. The van der Waals surface area contributed by atoms with E-state index in [0.29, 0.717) is 39.3 Å². The van der Waals surface area contributed by atoms with Crippen LogP contribution in [0.25, 0.3) is 28.0 Å². The number of hydrogen-bond donors (Lipinski definition) is 1. The van der Waals surface area contributed by atoms with Gasteiger partial charge in [0.05, 0.1) is 42.9 Å². The zero-order valence-electron chi connectivity index (χ0n) is 18.1. The fourth-order valence-electron chi connectivity index (χ4n) is 3.70. The number of ether oxygens (including phenoxy) is 1. The van der Waals surface area contributed by atoms with Crippen LogP contribution in [-0.4, -0.2) is 41.3 Å². The van der Waals surface area contributed by atoms with Gasteiger partial charge < -0.3 is 9.84 Å². The van der Waals surface area contributed by atoms with Gasteiger partial charge >= 0.3 is 0 Å². The number of fused-ring (bicyclic) bond motifs is 2. The lowest BCUT2D eigenvalue weighted by molar-refractivity contribution is 0.0737. The van der Waals surface area contributed by atoms with Crippen molar-refractivity contribution in [3.05, 3.63) is 71.8 Å². The fourth-order valence-corrected chi connectivity index (χ4v) is 3.70. The van der Waals surface area contributed by atoms with Crippen LogP contribution in [0, 0.1) is 11.6 Å². The molecule has 5 rings (SSSR count). The number of rotatable bonds is 5. The molecule has 10 heteroatoms. The molecule has 4 aromatic heterocycles. The van der Waals surface area contributed by atoms with Crippen molar-refractivity contribution in [1.29, 1.82) is 0 Å². The summed E-state index contributed by atoms with van der Waals surface area (Å²) >= 11 is 0. The standard InChI is InChI=1S/C23H20F2N6O2/c1-23(2,32)19-11-26-17-4-5-30(21(17)28-19)16-9-18-20(27-10-16)29-22(33-3)31(18)12-13-6-14(24)8-15(25)7-13/h4-11,32H,12H2,1-3H3. The van der Waals surface area contributed by atoms with Gasteiger partial charge in [-0.05, 0) is 43.7 Å². The first-order valence-electron chi connectivity index (χ1n) is 10.2. The summed E-state index contributed by atoms with van der Waals surface area (Å²) in [4.78, 5) is 17.8. The minimum Gasteiger partial charge on any atom is -0.468 e. The number of aliphatic hydroxyl groups is 1. The van der Waals surface area contributed by atoms with Crippen molar-refractivity contribution in [3.8, 4) is 11.7 Å². The molecule has 0 aliphatic rings. The minimum absolute atomic E-state index is 0.134. The van der Waals surface area contributed by atoms with Crippen LogP contribution in [-0.2, 0) is 12.1 Å². The van der Waals surface area contributed by atoms with Crippen LogP contribution >= 0.6 is 0 Å². The largest absolute Gasteiger partial charge is 0.468 e. The number of halogens is 2. The molecule has 168 valence electrons. The molecule has 0 aliphatic carbocycles. The Morgan fingerprint density at radius 3 is 2.48 bits per heavy atom. The lowest BCUT2D eigenvalue weighted by Crippen LogP contribution is -2.18. The van der Waals surface area contributed by atoms with Gasteiger partial charge in [-0.15, -0.1) is 0 Å². The quantitative estimate of drug-likeness (QED) is 0.439. The Morgan fingerprint density at radius 2 is 1.79 bits per heavy atom. The van der Waals surface area contributed by atoms with Gasteiger partial charge in [0.25, 0.3) is 6.01 Å². The SMILES string of the molecule is COc1nc2ncc(-n3ccc4ncc(C(C)(C)O)nc43)cc2n1Cc1cc(F)cc(F)c1. The number of hydrogen-bond acceptors (Lipinski definition) is 6. The molecule has 0 unspecified atom stereocenters. The Balaban J connectivity index is 1.65. The highest BCUT2D eigenvalue weighted by atomic mass is 19.1. The molecule has 0 atom stereocenters. The predicted octanol–water partition coefficient (Wildman–Crippen LogP) is 3.73. The molecule has 1 aromatic carbocycles.